The first-order valence-corrected chi connectivity index (χ1v) is 11.1. The van der Waals surface area contributed by atoms with Crippen molar-refractivity contribution in [1.82, 2.24) is 19.9 Å². The van der Waals surface area contributed by atoms with E-state index in [1.54, 1.807) is 37.3 Å². The Labute approximate surface area is 177 Å². The first-order chi connectivity index (χ1) is 14.6. The predicted octanol–water partition coefficient (Wildman–Crippen LogP) is 0.321. The number of fused-ring (bicyclic) bond motifs is 1. The van der Waals surface area contributed by atoms with Gasteiger partial charge in [-0.2, -0.15) is 0 Å². The highest BCUT2D eigenvalue weighted by atomic mass is 32.2. The number of aliphatic carboxylic acids is 1. The number of aromatic nitrogens is 3. The summed E-state index contributed by atoms with van der Waals surface area (Å²) in [5.74, 6) is -2.75. The van der Waals surface area contributed by atoms with Crippen LogP contribution < -0.4 is 0 Å². The number of amides is 1. The second-order valence-electron chi connectivity index (χ2n) is 7.59. The van der Waals surface area contributed by atoms with Crippen LogP contribution in [-0.4, -0.2) is 74.0 Å². The van der Waals surface area contributed by atoms with E-state index >= 15 is 0 Å². The molecule has 2 aliphatic heterocycles. The number of carboxylic acids is 1. The summed E-state index contributed by atoms with van der Waals surface area (Å²) in [6.45, 7) is 2.45. The number of carbonyl (C=O) groups is 3. The van der Waals surface area contributed by atoms with Gasteiger partial charge in [0.15, 0.2) is 21.6 Å². The Morgan fingerprint density at radius 1 is 1.29 bits per heavy atom. The van der Waals surface area contributed by atoms with Crippen molar-refractivity contribution in [2.45, 2.75) is 43.0 Å². The van der Waals surface area contributed by atoms with Gasteiger partial charge in [0.05, 0.1) is 19.6 Å². The monoisotopic (exact) mass is 448 g/mol. The second-order valence-corrected chi connectivity index (χ2v) is 10.2. The zero-order valence-electron chi connectivity index (χ0n) is 16.8. The molecule has 0 unspecified atom stereocenters. The first kappa shape index (κ1) is 21.0. The van der Waals surface area contributed by atoms with Gasteiger partial charge >= 0.3 is 11.9 Å². The molecular formula is C19H20N4O7S. The third-order valence-corrected chi connectivity index (χ3v) is 8.52. The van der Waals surface area contributed by atoms with Gasteiger partial charge in [-0.15, -0.1) is 5.10 Å². The van der Waals surface area contributed by atoms with Gasteiger partial charge in [0.1, 0.15) is 15.8 Å². The molecule has 0 radical (unpaired) electrons. The molecule has 4 rings (SSSR count). The van der Waals surface area contributed by atoms with Crippen LogP contribution in [0, 0.1) is 0 Å². The predicted molar refractivity (Wildman–Crippen MR) is 105 cm³/mol. The molecule has 1 N–H and O–H groups in total. The smallest absolute Gasteiger partial charge is 0.358 e. The van der Waals surface area contributed by atoms with E-state index in [9.17, 15) is 27.9 Å². The van der Waals surface area contributed by atoms with Crippen LogP contribution in [0.5, 0.6) is 0 Å². The van der Waals surface area contributed by atoms with E-state index in [-0.39, 0.29) is 24.4 Å². The molecule has 0 aliphatic carbocycles. The second kappa shape index (κ2) is 7.15. The average molecular weight is 448 g/mol. The zero-order valence-corrected chi connectivity index (χ0v) is 17.6. The molecule has 1 aromatic heterocycles. The van der Waals surface area contributed by atoms with Gasteiger partial charge in [0.25, 0.3) is 0 Å². The van der Waals surface area contributed by atoms with Crippen LogP contribution in [0.25, 0.3) is 11.3 Å². The molecule has 2 aromatic rings. The average Bonchev–Trinajstić information content (AvgIpc) is 3.18. The number of esters is 1. The molecule has 31 heavy (non-hydrogen) atoms. The quantitative estimate of drug-likeness (QED) is 0.487. The van der Waals surface area contributed by atoms with Gasteiger partial charge in [-0.25, -0.2) is 22.7 Å². The maximum atomic E-state index is 13.2. The third kappa shape index (κ3) is 2.92. The molecule has 11 nitrogen and oxygen atoms in total. The molecule has 12 heteroatoms. The van der Waals surface area contributed by atoms with Gasteiger partial charge in [-0.05, 0) is 13.8 Å². The molecule has 0 bridgehead atoms. The largest absolute Gasteiger partial charge is 0.480 e. The summed E-state index contributed by atoms with van der Waals surface area (Å²) in [7, 11) is -4.08. The van der Waals surface area contributed by atoms with E-state index in [2.05, 4.69) is 10.3 Å². The van der Waals surface area contributed by atoms with E-state index in [1.807, 2.05) is 0 Å². The van der Waals surface area contributed by atoms with E-state index in [4.69, 9.17) is 4.74 Å². The number of carbonyl (C=O) groups excluding carboxylic acids is 2. The molecule has 2 fully saturated rings. The van der Waals surface area contributed by atoms with E-state index < -0.39 is 50.4 Å². The summed E-state index contributed by atoms with van der Waals surface area (Å²) >= 11 is 0. The van der Waals surface area contributed by atoms with Crippen molar-refractivity contribution in [3.05, 3.63) is 36.0 Å². The van der Waals surface area contributed by atoms with Crippen LogP contribution in [-0.2, 0) is 30.7 Å². The van der Waals surface area contributed by atoms with Crippen LogP contribution in [0.3, 0.4) is 0 Å². The van der Waals surface area contributed by atoms with Gasteiger partial charge < -0.3 is 14.7 Å². The fraction of sp³-hybridized carbons (Fsp3) is 0.421. The topological polar surface area (TPSA) is 149 Å². The number of rotatable bonds is 6. The first-order valence-electron chi connectivity index (χ1n) is 9.57. The summed E-state index contributed by atoms with van der Waals surface area (Å²) in [6.07, 6.45) is -0.265. The van der Waals surface area contributed by atoms with Crippen molar-refractivity contribution in [1.29, 1.82) is 0 Å². The Kier molecular flexibility index (Phi) is 4.84. The van der Waals surface area contributed by atoms with Gasteiger partial charge in [0, 0.05) is 5.56 Å². The summed E-state index contributed by atoms with van der Waals surface area (Å²) in [6, 6.07) is 7.06. The number of β-lactam (4-membered cyclic amide) rings is 1. The molecule has 1 amide bonds. The van der Waals surface area contributed by atoms with Crippen LogP contribution in [0.4, 0.5) is 0 Å². The van der Waals surface area contributed by atoms with Crippen LogP contribution in [0.2, 0.25) is 0 Å². The molecule has 3 atom stereocenters. The molecule has 0 saturated carbocycles. The van der Waals surface area contributed by atoms with Crippen molar-refractivity contribution < 1.29 is 32.6 Å². The van der Waals surface area contributed by atoms with Crippen LogP contribution in [0.15, 0.2) is 30.3 Å². The SMILES string of the molecule is CCOC(=O)c1c(-c2ccccc2)nnn1C[C@@]1(C)[C@H](C(=O)O)N2C(=O)C[C@@H]2S1(=O)=O. The maximum Gasteiger partial charge on any atom is 0.358 e. The minimum Gasteiger partial charge on any atom is -0.480 e. The highest BCUT2D eigenvalue weighted by molar-refractivity contribution is 7.93. The number of benzene rings is 1. The molecule has 2 aliphatic rings. The molecule has 2 saturated heterocycles. The number of hydrogen-bond donors (Lipinski definition) is 1. The van der Waals surface area contributed by atoms with Gasteiger partial charge in [0.2, 0.25) is 5.91 Å². The molecule has 1 aromatic carbocycles. The standard InChI is InChI=1S/C19H20N4O7S/c1-3-30-18(27)15-14(11-7-5-4-6-8-11)20-21-22(15)10-19(2)16(17(25)26)23-12(24)9-13(23)31(19,28)29/h4-8,13,16H,3,9-10H2,1-2H3,(H,25,26)/t13-,16-,19-/m0/s1. The Morgan fingerprint density at radius 3 is 2.55 bits per heavy atom. The Hall–Kier alpha value is -3.28. The lowest BCUT2D eigenvalue weighted by atomic mass is 9.96. The van der Waals surface area contributed by atoms with E-state index in [0.29, 0.717) is 5.56 Å². The number of nitrogens with zero attached hydrogens (tertiary/aromatic N) is 4. The number of hydrogen-bond acceptors (Lipinski definition) is 8. The Morgan fingerprint density at radius 2 is 1.97 bits per heavy atom. The van der Waals surface area contributed by atoms with E-state index in [1.165, 1.54) is 6.92 Å². The zero-order chi connectivity index (χ0) is 22.6. The lowest BCUT2D eigenvalue weighted by Crippen LogP contribution is -2.58. The lowest BCUT2D eigenvalue weighted by Gasteiger charge is -2.35. The van der Waals surface area contributed by atoms with E-state index in [0.717, 1.165) is 9.58 Å². The fourth-order valence-electron chi connectivity index (χ4n) is 4.20. The summed E-state index contributed by atoms with van der Waals surface area (Å²) in [5, 5.41) is 16.5. The highest BCUT2D eigenvalue weighted by Crippen LogP contribution is 2.47. The minimum atomic E-state index is -4.08. The fourth-order valence-corrected chi connectivity index (χ4v) is 6.55. The van der Waals surface area contributed by atoms with Gasteiger partial charge in [-0.3, -0.25) is 4.79 Å². The van der Waals surface area contributed by atoms with Crippen molar-refractivity contribution >= 4 is 27.7 Å². The summed E-state index contributed by atoms with van der Waals surface area (Å²) in [4.78, 5) is 37.6. The number of carboxylic acid groups (broad SMARTS) is 1. The van der Waals surface area contributed by atoms with Crippen molar-refractivity contribution in [2.75, 3.05) is 6.61 Å². The normalized spacial score (nSPS) is 26.3. The molecule has 3 heterocycles. The number of sulfone groups is 1. The highest BCUT2D eigenvalue weighted by Gasteiger charge is 2.70. The Bertz CT molecular complexity index is 1180. The van der Waals surface area contributed by atoms with Crippen LogP contribution in [0.1, 0.15) is 30.8 Å². The minimum absolute atomic E-state index is 0.0654. The molecular weight excluding hydrogens is 428 g/mol. The summed E-state index contributed by atoms with van der Waals surface area (Å²) < 4.78 is 30.6. The molecule has 0 spiro atoms. The molecule has 164 valence electrons. The third-order valence-electron chi connectivity index (χ3n) is 5.76. The lowest BCUT2D eigenvalue weighted by molar-refractivity contribution is -0.157. The van der Waals surface area contributed by atoms with Crippen molar-refractivity contribution in [3.8, 4) is 11.3 Å². The van der Waals surface area contributed by atoms with Crippen LogP contribution >= 0.6 is 0 Å². The Balaban J connectivity index is 1.83. The van der Waals surface area contributed by atoms with Crippen molar-refractivity contribution in [2.24, 2.45) is 0 Å². The van der Waals surface area contributed by atoms with Crippen molar-refractivity contribution in [3.63, 3.8) is 0 Å². The maximum absolute atomic E-state index is 13.2. The number of ether oxygens (including phenoxy) is 1. The van der Waals surface area contributed by atoms with Gasteiger partial charge in [-0.1, -0.05) is 35.5 Å². The summed E-state index contributed by atoms with van der Waals surface area (Å²) in [5.41, 5.74) is 0.656.